The Labute approximate surface area is 147 Å². The van der Waals surface area contributed by atoms with E-state index in [2.05, 4.69) is 39.4 Å². The van der Waals surface area contributed by atoms with Crippen molar-refractivity contribution in [3.8, 4) is 0 Å². The number of rotatable bonds is 7. The summed E-state index contributed by atoms with van der Waals surface area (Å²) in [6, 6.07) is 0.370. The van der Waals surface area contributed by atoms with Crippen LogP contribution in [0.15, 0.2) is 11.2 Å². The number of aryl methyl sites for hydroxylation is 1. The lowest BCUT2D eigenvalue weighted by Gasteiger charge is -2.32. The summed E-state index contributed by atoms with van der Waals surface area (Å²) in [7, 11) is 0. The van der Waals surface area contributed by atoms with Crippen LogP contribution in [0.1, 0.15) is 36.6 Å². The molecule has 7 nitrogen and oxygen atoms in total. The number of nitrogens with one attached hydrogen (secondary N) is 2. The number of aliphatic imine (C=N–C) groups is 1. The molecule has 2 rings (SSSR count). The normalized spacial score (nSPS) is 17.0. The van der Waals surface area contributed by atoms with Crippen LogP contribution >= 0.6 is 11.3 Å². The van der Waals surface area contributed by atoms with Gasteiger partial charge in [-0.2, -0.15) is 0 Å². The van der Waals surface area contributed by atoms with Gasteiger partial charge in [0.05, 0.1) is 13.1 Å². The maximum absolute atomic E-state index is 11.0. The monoisotopic (exact) mass is 352 g/mol. The minimum Gasteiger partial charge on any atom is -0.369 e. The number of carbonyl (C=O) groups excluding carboxylic acids is 1. The van der Waals surface area contributed by atoms with Crippen LogP contribution in [0.3, 0.4) is 0 Å². The molecule has 1 aliphatic heterocycles. The second-order valence-electron chi connectivity index (χ2n) is 5.93. The third-order valence-corrected chi connectivity index (χ3v) is 5.10. The van der Waals surface area contributed by atoms with Gasteiger partial charge in [-0.15, -0.1) is 11.3 Å². The third-order valence-electron chi connectivity index (χ3n) is 3.97. The Morgan fingerprint density at radius 3 is 2.79 bits per heavy atom. The number of amides is 1. The molecule has 1 amide bonds. The van der Waals surface area contributed by atoms with Gasteiger partial charge in [0.25, 0.3) is 0 Å². The van der Waals surface area contributed by atoms with E-state index in [1.807, 2.05) is 6.20 Å². The van der Waals surface area contributed by atoms with Crippen molar-refractivity contribution in [2.24, 2.45) is 10.7 Å². The minimum atomic E-state index is -0.258. The Balaban J connectivity index is 1.84. The van der Waals surface area contributed by atoms with Gasteiger partial charge in [0, 0.05) is 36.8 Å². The van der Waals surface area contributed by atoms with Crippen molar-refractivity contribution < 1.29 is 4.79 Å². The van der Waals surface area contributed by atoms with E-state index in [4.69, 9.17) is 5.73 Å². The summed E-state index contributed by atoms with van der Waals surface area (Å²) in [5, 5.41) is 7.83. The van der Waals surface area contributed by atoms with Crippen LogP contribution in [0.4, 0.5) is 0 Å². The Morgan fingerprint density at radius 1 is 1.46 bits per heavy atom. The molecule has 0 aromatic carbocycles. The van der Waals surface area contributed by atoms with Crippen molar-refractivity contribution >= 4 is 23.2 Å². The summed E-state index contributed by atoms with van der Waals surface area (Å²) >= 11 is 1.72. The summed E-state index contributed by atoms with van der Waals surface area (Å²) in [6.45, 7) is 7.73. The first-order valence-corrected chi connectivity index (χ1v) is 9.41. The largest absolute Gasteiger partial charge is 0.369 e. The van der Waals surface area contributed by atoms with Crippen LogP contribution in [0.25, 0.3) is 0 Å². The number of nitrogens with two attached hydrogens (primary N) is 1. The molecule has 0 unspecified atom stereocenters. The molecule has 24 heavy (non-hydrogen) atoms. The number of guanidine groups is 1. The first-order chi connectivity index (χ1) is 11.6. The molecule has 1 fully saturated rings. The van der Waals surface area contributed by atoms with Crippen LogP contribution < -0.4 is 16.4 Å². The minimum absolute atomic E-state index is 0.258. The van der Waals surface area contributed by atoms with Gasteiger partial charge in [-0.1, -0.05) is 6.92 Å². The molecule has 4 N–H and O–H groups in total. The molecular formula is C16H28N6OS. The maximum atomic E-state index is 11.0. The molecule has 0 saturated carbocycles. The quantitative estimate of drug-likeness (QED) is 0.496. The molecule has 8 heteroatoms. The fourth-order valence-electron chi connectivity index (χ4n) is 2.70. The molecule has 0 bridgehead atoms. The fourth-order valence-corrected chi connectivity index (χ4v) is 3.49. The van der Waals surface area contributed by atoms with Crippen LogP contribution in [0.5, 0.6) is 0 Å². The smallest absolute Gasteiger partial charge is 0.231 e. The zero-order valence-electron chi connectivity index (χ0n) is 14.5. The molecule has 134 valence electrons. The Bertz CT molecular complexity index is 551. The predicted molar refractivity (Wildman–Crippen MR) is 98.1 cm³/mol. The average Bonchev–Trinajstić information content (AvgIpc) is 3.02. The summed E-state index contributed by atoms with van der Waals surface area (Å²) in [5.41, 5.74) is 5.25. The molecule has 2 heterocycles. The van der Waals surface area contributed by atoms with Gasteiger partial charge in [0.2, 0.25) is 5.91 Å². The lowest BCUT2D eigenvalue weighted by molar-refractivity contribution is -0.119. The summed E-state index contributed by atoms with van der Waals surface area (Å²) < 4.78 is 0. The number of aromatic nitrogens is 1. The van der Waals surface area contributed by atoms with Crippen molar-refractivity contribution in [1.29, 1.82) is 0 Å². The zero-order valence-corrected chi connectivity index (χ0v) is 15.4. The van der Waals surface area contributed by atoms with Gasteiger partial charge in [-0.3, -0.25) is 9.69 Å². The number of nitrogens with zero attached hydrogens (tertiary/aromatic N) is 3. The molecule has 1 aromatic heterocycles. The van der Waals surface area contributed by atoms with Crippen molar-refractivity contribution in [3.63, 3.8) is 0 Å². The highest BCUT2D eigenvalue weighted by molar-refractivity contribution is 7.11. The van der Waals surface area contributed by atoms with Gasteiger partial charge in [-0.25, -0.2) is 9.98 Å². The number of hydrogen-bond donors (Lipinski definition) is 3. The lowest BCUT2D eigenvalue weighted by atomic mass is 10.1. The number of primary amides is 1. The Kier molecular flexibility index (Phi) is 7.45. The molecule has 1 aromatic rings. The van der Waals surface area contributed by atoms with E-state index in [-0.39, 0.29) is 5.91 Å². The molecule has 0 atom stereocenters. The van der Waals surface area contributed by atoms with E-state index in [0.29, 0.717) is 19.1 Å². The van der Waals surface area contributed by atoms with Crippen LogP contribution in [0, 0.1) is 0 Å². The van der Waals surface area contributed by atoms with Gasteiger partial charge < -0.3 is 16.4 Å². The highest BCUT2D eigenvalue weighted by Gasteiger charge is 2.20. The molecule has 0 spiro atoms. The molecule has 1 aliphatic rings. The number of carbonyl (C=O) groups is 1. The van der Waals surface area contributed by atoms with Crippen molar-refractivity contribution in [3.05, 3.63) is 16.1 Å². The average molecular weight is 353 g/mol. The first-order valence-electron chi connectivity index (χ1n) is 8.59. The van der Waals surface area contributed by atoms with Gasteiger partial charge in [-0.05, 0) is 26.2 Å². The summed E-state index contributed by atoms with van der Waals surface area (Å²) in [5.74, 6) is 0.574. The van der Waals surface area contributed by atoms with Gasteiger partial charge in [0.1, 0.15) is 5.01 Å². The van der Waals surface area contributed by atoms with Crippen molar-refractivity contribution in [2.45, 2.75) is 45.7 Å². The molecule has 1 saturated heterocycles. The van der Waals surface area contributed by atoms with E-state index in [0.717, 1.165) is 49.9 Å². The van der Waals surface area contributed by atoms with Crippen LogP contribution in [0.2, 0.25) is 0 Å². The molecule has 0 aliphatic carbocycles. The van der Waals surface area contributed by atoms with E-state index >= 15 is 0 Å². The molecular weight excluding hydrogens is 324 g/mol. The second-order valence-corrected chi connectivity index (χ2v) is 7.13. The zero-order chi connectivity index (χ0) is 17.4. The Hall–Kier alpha value is -1.67. The second kappa shape index (κ2) is 9.58. The fraction of sp³-hybridized carbons (Fsp3) is 0.688. The number of piperidine rings is 1. The van der Waals surface area contributed by atoms with E-state index < -0.39 is 0 Å². The van der Waals surface area contributed by atoms with Crippen molar-refractivity contribution in [1.82, 2.24) is 20.5 Å². The van der Waals surface area contributed by atoms with Crippen LogP contribution in [-0.4, -0.2) is 54.0 Å². The summed E-state index contributed by atoms with van der Waals surface area (Å²) in [6.07, 6.45) is 4.91. The third kappa shape index (κ3) is 6.09. The highest BCUT2D eigenvalue weighted by Crippen LogP contribution is 2.14. The lowest BCUT2D eigenvalue weighted by Crippen LogP contribution is -2.49. The Morgan fingerprint density at radius 2 is 2.21 bits per heavy atom. The SMILES string of the molecule is CCNC(=NCc1ncc(CC)s1)NC1CCN(CC(N)=O)CC1. The summed E-state index contributed by atoms with van der Waals surface area (Å²) in [4.78, 5) is 23.4. The number of thiazole rings is 1. The van der Waals surface area contributed by atoms with Gasteiger partial charge in [0.15, 0.2) is 5.96 Å². The van der Waals surface area contributed by atoms with E-state index in [1.165, 1.54) is 4.88 Å². The number of hydrogen-bond acceptors (Lipinski definition) is 5. The van der Waals surface area contributed by atoms with Gasteiger partial charge >= 0.3 is 0 Å². The first kappa shape index (κ1) is 18.7. The van der Waals surface area contributed by atoms with Crippen LogP contribution in [-0.2, 0) is 17.8 Å². The topological polar surface area (TPSA) is 95.6 Å². The highest BCUT2D eigenvalue weighted by atomic mass is 32.1. The molecule has 0 radical (unpaired) electrons. The van der Waals surface area contributed by atoms with Crippen molar-refractivity contribution in [2.75, 3.05) is 26.2 Å². The number of likely N-dealkylation sites (tertiary alicyclic amines) is 1. The van der Waals surface area contributed by atoms with E-state index in [1.54, 1.807) is 11.3 Å². The predicted octanol–water partition coefficient (Wildman–Crippen LogP) is 0.710. The van der Waals surface area contributed by atoms with E-state index in [9.17, 15) is 4.79 Å². The standard InChI is InChI=1S/C16H28N6OS/c1-3-13-9-19-15(24-13)10-20-16(18-4-2)21-12-5-7-22(8-6-12)11-14(17)23/h9,12H,3-8,10-11H2,1-2H3,(H2,17,23)(H2,18,20,21). The maximum Gasteiger partial charge on any atom is 0.231 e.